The number of fused-ring (bicyclic) bond motifs is 1. The standard InChI is InChI=1S/C8H9ClN2/c9-8-5-10-6-3-1-2-4-7(6)11-8/h1-2,4,8,11H,3,5H2. The molecule has 0 fully saturated rings. The minimum Gasteiger partial charge on any atom is -0.366 e. The molecule has 58 valence electrons. The summed E-state index contributed by atoms with van der Waals surface area (Å²) in [7, 11) is 0. The Bertz CT molecular complexity index is 253. The average Bonchev–Trinajstić information content (AvgIpc) is 2.04. The summed E-state index contributed by atoms with van der Waals surface area (Å²) >= 11 is 5.85. The van der Waals surface area contributed by atoms with Crippen LogP contribution >= 0.6 is 11.6 Å². The van der Waals surface area contributed by atoms with Gasteiger partial charge in [-0.05, 0) is 6.08 Å². The molecule has 1 heterocycles. The van der Waals surface area contributed by atoms with Crippen molar-refractivity contribution in [1.82, 2.24) is 5.32 Å². The summed E-state index contributed by atoms with van der Waals surface area (Å²) in [4.78, 5) is 4.34. The van der Waals surface area contributed by atoms with Gasteiger partial charge in [0.25, 0.3) is 0 Å². The second-order valence-electron chi connectivity index (χ2n) is 2.61. The lowest BCUT2D eigenvalue weighted by atomic mass is 10.1. The van der Waals surface area contributed by atoms with Crippen LogP contribution in [0.1, 0.15) is 6.42 Å². The second-order valence-corrected chi connectivity index (χ2v) is 3.14. The van der Waals surface area contributed by atoms with Crippen molar-refractivity contribution in [3.63, 3.8) is 0 Å². The van der Waals surface area contributed by atoms with Gasteiger partial charge in [-0.15, -0.1) is 0 Å². The number of rotatable bonds is 0. The molecule has 0 aromatic rings. The minimum atomic E-state index is -0.0310. The maximum Gasteiger partial charge on any atom is 0.121 e. The molecule has 0 saturated carbocycles. The summed E-state index contributed by atoms with van der Waals surface area (Å²) in [5.74, 6) is 0. The zero-order valence-electron chi connectivity index (χ0n) is 6.05. The third kappa shape index (κ3) is 1.31. The van der Waals surface area contributed by atoms with Crippen LogP contribution in [-0.2, 0) is 0 Å². The molecule has 2 aliphatic rings. The van der Waals surface area contributed by atoms with Gasteiger partial charge in [-0.1, -0.05) is 23.8 Å². The van der Waals surface area contributed by atoms with Crippen LogP contribution in [-0.4, -0.2) is 17.8 Å². The van der Waals surface area contributed by atoms with Gasteiger partial charge in [0.05, 0.1) is 18.0 Å². The molecule has 0 aromatic heterocycles. The number of alkyl halides is 1. The molecular weight excluding hydrogens is 160 g/mol. The van der Waals surface area contributed by atoms with Crippen LogP contribution < -0.4 is 5.32 Å². The first-order valence-corrected chi connectivity index (χ1v) is 4.11. The van der Waals surface area contributed by atoms with Crippen LogP contribution in [0.4, 0.5) is 0 Å². The molecule has 1 aliphatic carbocycles. The zero-order chi connectivity index (χ0) is 7.68. The van der Waals surface area contributed by atoms with E-state index in [0.717, 1.165) is 17.8 Å². The molecule has 2 nitrogen and oxygen atoms in total. The van der Waals surface area contributed by atoms with E-state index in [0.29, 0.717) is 6.54 Å². The van der Waals surface area contributed by atoms with Crippen molar-refractivity contribution in [3.8, 4) is 0 Å². The van der Waals surface area contributed by atoms with Gasteiger partial charge in [-0.3, -0.25) is 4.99 Å². The van der Waals surface area contributed by atoms with Gasteiger partial charge < -0.3 is 5.32 Å². The Hall–Kier alpha value is -0.760. The fourth-order valence-corrected chi connectivity index (χ4v) is 1.42. The number of allylic oxidation sites excluding steroid dienone is 4. The predicted molar refractivity (Wildman–Crippen MR) is 46.9 cm³/mol. The van der Waals surface area contributed by atoms with Crippen molar-refractivity contribution in [2.45, 2.75) is 11.9 Å². The van der Waals surface area contributed by atoms with E-state index in [1.165, 1.54) is 0 Å². The minimum absolute atomic E-state index is 0.0310. The fraction of sp³-hybridized carbons (Fsp3) is 0.375. The van der Waals surface area contributed by atoms with E-state index in [4.69, 9.17) is 11.6 Å². The van der Waals surface area contributed by atoms with Crippen LogP contribution in [0.25, 0.3) is 0 Å². The number of hydrogen-bond donors (Lipinski definition) is 1. The Morgan fingerprint density at radius 3 is 3.45 bits per heavy atom. The van der Waals surface area contributed by atoms with E-state index >= 15 is 0 Å². The molecule has 1 N–H and O–H groups in total. The fourth-order valence-electron chi connectivity index (χ4n) is 1.24. The Balaban J connectivity index is 2.28. The summed E-state index contributed by atoms with van der Waals surface area (Å²) in [6, 6.07) is 0. The van der Waals surface area contributed by atoms with E-state index in [2.05, 4.69) is 16.4 Å². The van der Waals surface area contributed by atoms with Gasteiger partial charge in [-0.2, -0.15) is 0 Å². The second kappa shape index (κ2) is 2.70. The van der Waals surface area contributed by atoms with E-state index in [9.17, 15) is 0 Å². The van der Waals surface area contributed by atoms with Crippen molar-refractivity contribution in [1.29, 1.82) is 0 Å². The molecule has 1 atom stereocenters. The summed E-state index contributed by atoms with van der Waals surface area (Å²) in [5, 5.41) is 3.16. The predicted octanol–water partition coefficient (Wildman–Crippen LogP) is 1.44. The highest BCUT2D eigenvalue weighted by Gasteiger charge is 2.16. The first kappa shape index (κ1) is 6.92. The van der Waals surface area contributed by atoms with Crippen LogP contribution in [0, 0.1) is 0 Å². The molecule has 0 aromatic carbocycles. The number of aliphatic imine (C=N–C) groups is 1. The largest absolute Gasteiger partial charge is 0.366 e. The van der Waals surface area contributed by atoms with Crippen LogP contribution in [0.3, 0.4) is 0 Å². The smallest absolute Gasteiger partial charge is 0.121 e. The van der Waals surface area contributed by atoms with Gasteiger partial charge >= 0.3 is 0 Å². The Labute approximate surface area is 70.7 Å². The quantitative estimate of drug-likeness (QED) is 0.430. The number of hydrogen-bond acceptors (Lipinski definition) is 2. The van der Waals surface area contributed by atoms with E-state index in [-0.39, 0.29) is 5.50 Å². The van der Waals surface area contributed by atoms with Gasteiger partial charge in [0.1, 0.15) is 5.50 Å². The molecule has 1 unspecified atom stereocenters. The Morgan fingerprint density at radius 2 is 2.55 bits per heavy atom. The number of nitrogens with one attached hydrogen (secondary N) is 1. The molecular formula is C8H9ClN2. The lowest BCUT2D eigenvalue weighted by molar-refractivity contribution is 0.728. The summed E-state index contributed by atoms with van der Waals surface area (Å²) in [5.41, 5.74) is 2.18. The number of halogens is 1. The van der Waals surface area contributed by atoms with Crippen molar-refractivity contribution in [3.05, 3.63) is 23.9 Å². The molecule has 0 saturated heterocycles. The van der Waals surface area contributed by atoms with Crippen molar-refractivity contribution in [2.24, 2.45) is 4.99 Å². The maximum atomic E-state index is 5.85. The Kier molecular flexibility index (Phi) is 1.70. The molecule has 0 radical (unpaired) electrons. The normalized spacial score (nSPS) is 28.3. The third-order valence-corrected chi connectivity index (χ3v) is 2.02. The summed E-state index contributed by atoms with van der Waals surface area (Å²) in [6.07, 6.45) is 7.06. The molecule has 2 rings (SSSR count). The lowest BCUT2D eigenvalue weighted by Gasteiger charge is -2.22. The van der Waals surface area contributed by atoms with E-state index < -0.39 is 0 Å². The maximum absolute atomic E-state index is 5.85. The number of nitrogens with zero attached hydrogens (tertiary/aromatic N) is 1. The molecule has 1 aliphatic heterocycles. The molecule has 0 spiro atoms. The first-order valence-electron chi connectivity index (χ1n) is 3.67. The highest BCUT2D eigenvalue weighted by atomic mass is 35.5. The van der Waals surface area contributed by atoms with Gasteiger partial charge in [0.15, 0.2) is 0 Å². The van der Waals surface area contributed by atoms with Crippen molar-refractivity contribution < 1.29 is 0 Å². The first-order chi connectivity index (χ1) is 5.36. The van der Waals surface area contributed by atoms with Gasteiger partial charge in [0, 0.05) is 6.42 Å². The average molecular weight is 169 g/mol. The van der Waals surface area contributed by atoms with Crippen LogP contribution in [0.15, 0.2) is 28.9 Å². The highest BCUT2D eigenvalue weighted by Crippen LogP contribution is 2.13. The SMILES string of the molecule is ClC1CN=C2CC=CC=C2N1. The van der Waals surface area contributed by atoms with Crippen LogP contribution in [0.5, 0.6) is 0 Å². The van der Waals surface area contributed by atoms with E-state index in [1.54, 1.807) is 0 Å². The molecule has 0 bridgehead atoms. The lowest BCUT2D eigenvalue weighted by Crippen LogP contribution is -2.35. The van der Waals surface area contributed by atoms with E-state index in [1.807, 2.05) is 12.2 Å². The third-order valence-electron chi connectivity index (χ3n) is 1.78. The summed E-state index contributed by atoms with van der Waals surface area (Å²) < 4.78 is 0. The summed E-state index contributed by atoms with van der Waals surface area (Å²) in [6.45, 7) is 0.683. The monoisotopic (exact) mass is 168 g/mol. The molecule has 11 heavy (non-hydrogen) atoms. The van der Waals surface area contributed by atoms with Gasteiger partial charge in [0.2, 0.25) is 0 Å². The Morgan fingerprint density at radius 1 is 1.64 bits per heavy atom. The van der Waals surface area contributed by atoms with Crippen LogP contribution in [0.2, 0.25) is 0 Å². The van der Waals surface area contributed by atoms with Crippen molar-refractivity contribution in [2.75, 3.05) is 6.54 Å². The zero-order valence-corrected chi connectivity index (χ0v) is 6.80. The topological polar surface area (TPSA) is 24.4 Å². The molecule has 0 amide bonds. The molecule has 3 heteroatoms. The van der Waals surface area contributed by atoms with Gasteiger partial charge in [-0.25, -0.2) is 0 Å². The van der Waals surface area contributed by atoms with Crippen molar-refractivity contribution >= 4 is 17.3 Å². The highest BCUT2D eigenvalue weighted by molar-refractivity contribution is 6.21.